The molecule has 0 fully saturated rings. The number of aliphatic hydroxyl groups is 1. The van der Waals surface area contributed by atoms with Crippen LogP contribution in [-0.4, -0.2) is 33.8 Å². The smallest absolute Gasteiger partial charge is 0.290 e. The summed E-state index contributed by atoms with van der Waals surface area (Å²) >= 11 is 6.12. The zero-order valence-corrected chi connectivity index (χ0v) is 19.1. The Bertz CT molecular complexity index is 1500. The zero-order chi connectivity index (χ0) is 24.7. The van der Waals surface area contributed by atoms with Crippen molar-refractivity contribution >= 4 is 34.3 Å². The van der Waals surface area contributed by atoms with Crippen LogP contribution >= 0.6 is 11.6 Å². The lowest BCUT2D eigenvalue weighted by atomic mass is 9.94. The fraction of sp³-hybridized carbons (Fsp3) is 0.115. The maximum Gasteiger partial charge on any atom is 0.290 e. The van der Waals surface area contributed by atoms with Crippen molar-refractivity contribution in [2.75, 3.05) is 7.11 Å². The standard InChI is InChI=1S/C26H18ClFN2O5/c1-34-20-11-16(27)9-15-10-19(35-25(15)20)23(31)21-22(17-6-2-3-7-18(17)28)30(26(33)24(21)32)13-14-5-4-8-29-12-14/h2-12,22,32H,13H2,1H3. The number of ketones is 1. The van der Waals surface area contributed by atoms with E-state index < -0.39 is 29.3 Å². The van der Waals surface area contributed by atoms with Crippen molar-refractivity contribution < 1.29 is 28.2 Å². The van der Waals surface area contributed by atoms with Gasteiger partial charge in [-0.1, -0.05) is 35.9 Å². The summed E-state index contributed by atoms with van der Waals surface area (Å²) < 4.78 is 26.0. The zero-order valence-electron chi connectivity index (χ0n) is 18.4. The van der Waals surface area contributed by atoms with Gasteiger partial charge in [-0.05, 0) is 29.8 Å². The summed E-state index contributed by atoms with van der Waals surface area (Å²) in [4.78, 5) is 32.1. The number of aliphatic hydroxyl groups excluding tert-OH is 1. The highest BCUT2D eigenvalue weighted by Crippen LogP contribution is 2.42. The van der Waals surface area contributed by atoms with Gasteiger partial charge in [0.2, 0.25) is 5.78 Å². The number of aromatic nitrogens is 1. The van der Waals surface area contributed by atoms with Crippen molar-refractivity contribution in [1.29, 1.82) is 0 Å². The number of amides is 1. The number of halogens is 2. The highest BCUT2D eigenvalue weighted by Gasteiger charge is 2.45. The molecule has 1 amide bonds. The van der Waals surface area contributed by atoms with E-state index in [0.29, 0.717) is 21.7 Å². The average Bonchev–Trinajstić information content (AvgIpc) is 3.39. The Balaban J connectivity index is 1.63. The second kappa shape index (κ2) is 8.88. The normalized spacial score (nSPS) is 15.8. The van der Waals surface area contributed by atoms with Crippen LogP contribution in [0.3, 0.4) is 0 Å². The van der Waals surface area contributed by atoms with Gasteiger partial charge in [-0.2, -0.15) is 0 Å². The highest BCUT2D eigenvalue weighted by atomic mass is 35.5. The molecular formula is C26H18ClFN2O5. The number of methoxy groups -OCH3 is 1. The number of hydrogen-bond acceptors (Lipinski definition) is 6. The van der Waals surface area contributed by atoms with E-state index in [4.69, 9.17) is 20.8 Å². The second-order valence-electron chi connectivity index (χ2n) is 7.95. The summed E-state index contributed by atoms with van der Waals surface area (Å²) in [5.74, 6) is -2.79. The van der Waals surface area contributed by atoms with Crippen LogP contribution in [0.2, 0.25) is 5.02 Å². The van der Waals surface area contributed by atoms with E-state index in [9.17, 15) is 19.1 Å². The van der Waals surface area contributed by atoms with Gasteiger partial charge in [0.25, 0.3) is 5.91 Å². The number of fused-ring (bicyclic) bond motifs is 1. The van der Waals surface area contributed by atoms with Gasteiger partial charge in [0.05, 0.1) is 18.7 Å². The third-order valence-corrected chi connectivity index (χ3v) is 6.03. The Morgan fingerprint density at radius 1 is 1.23 bits per heavy atom. The number of pyridine rings is 1. The first-order valence-electron chi connectivity index (χ1n) is 10.6. The van der Waals surface area contributed by atoms with E-state index in [2.05, 4.69) is 4.98 Å². The summed E-state index contributed by atoms with van der Waals surface area (Å²) in [6, 6.07) is 12.6. The van der Waals surface area contributed by atoms with Gasteiger partial charge < -0.3 is 19.2 Å². The van der Waals surface area contributed by atoms with E-state index in [1.54, 1.807) is 36.7 Å². The van der Waals surface area contributed by atoms with E-state index in [0.717, 1.165) is 0 Å². The lowest BCUT2D eigenvalue weighted by Crippen LogP contribution is -2.31. The SMILES string of the molecule is COc1cc(Cl)cc2cc(C(=O)C3=C(O)C(=O)N(Cc4cccnc4)C3c3ccccc3F)oc12. The number of Topliss-reactive ketones (excluding diaryl/α,β-unsaturated/α-hetero) is 1. The van der Waals surface area contributed by atoms with E-state index in [-0.39, 0.29) is 29.0 Å². The third-order valence-electron chi connectivity index (χ3n) is 5.81. The predicted octanol–water partition coefficient (Wildman–Crippen LogP) is 5.41. The summed E-state index contributed by atoms with van der Waals surface area (Å²) in [6.45, 7) is -0.00389. The maximum absolute atomic E-state index is 14.9. The molecule has 1 unspecified atom stereocenters. The molecule has 0 saturated heterocycles. The fourth-order valence-electron chi connectivity index (χ4n) is 4.24. The first-order valence-corrected chi connectivity index (χ1v) is 11.0. The van der Waals surface area contributed by atoms with Crippen LogP contribution in [0.15, 0.2) is 82.7 Å². The summed E-state index contributed by atoms with van der Waals surface area (Å²) in [5.41, 5.74) is 0.702. The molecule has 2 aromatic heterocycles. The topological polar surface area (TPSA) is 92.9 Å². The molecule has 0 aliphatic carbocycles. The molecule has 9 heteroatoms. The van der Waals surface area contributed by atoms with Gasteiger partial charge in [0, 0.05) is 41.0 Å². The molecular weight excluding hydrogens is 475 g/mol. The van der Waals surface area contributed by atoms with Crippen molar-refractivity contribution in [3.05, 3.63) is 106 Å². The van der Waals surface area contributed by atoms with Crippen LogP contribution in [0.1, 0.15) is 27.7 Å². The first kappa shape index (κ1) is 22.6. The molecule has 0 saturated carbocycles. The largest absolute Gasteiger partial charge is 0.503 e. The molecule has 176 valence electrons. The molecule has 35 heavy (non-hydrogen) atoms. The molecule has 1 N–H and O–H groups in total. The maximum atomic E-state index is 14.9. The molecule has 1 aliphatic rings. The van der Waals surface area contributed by atoms with Crippen molar-refractivity contribution in [3.8, 4) is 5.75 Å². The average molecular weight is 493 g/mol. The summed E-state index contributed by atoms with van der Waals surface area (Å²) in [7, 11) is 1.43. The minimum Gasteiger partial charge on any atom is -0.503 e. The Kier molecular flexibility index (Phi) is 5.74. The third kappa shape index (κ3) is 3.91. The molecule has 1 aliphatic heterocycles. The highest BCUT2D eigenvalue weighted by molar-refractivity contribution is 6.31. The molecule has 0 bridgehead atoms. The van der Waals surface area contributed by atoms with Crippen LogP contribution in [0.5, 0.6) is 5.75 Å². The van der Waals surface area contributed by atoms with Gasteiger partial charge in [-0.3, -0.25) is 14.6 Å². The summed E-state index contributed by atoms with van der Waals surface area (Å²) in [6.07, 6.45) is 3.13. The monoisotopic (exact) mass is 492 g/mol. The number of rotatable bonds is 6. The van der Waals surface area contributed by atoms with Gasteiger partial charge >= 0.3 is 0 Å². The molecule has 4 aromatic rings. The lowest BCUT2D eigenvalue weighted by molar-refractivity contribution is -0.130. The van der Waals surface area contributed by atoms with Gasteiger partial charge in [0.15, 0.2) is 22.9 Å². The molecule has 5 rings (SSSR count). The van der Waals surface area contributed by atoms with Crippen molar-refractivity contribution in [2.45, 2.75) is 12.6 Å². The molecule has 1 atom stereocenters. The molecule has 0 spiro atoms. The lowest BCUT2D eigenvalue weighted by Gasteiger charge is -2.27. The Morgan fingerprint density at radius 3 is 2.74 bits per heavy atom. The molecule has 3 heterocycles. The quantitative estimate of drug-likeness (QED) is 0.362. The van der Waals surface area contributed by atoms with E-state index >= 15 is 0 Å². The van der Waals surface area contributed by atoms with Gasteiger partial charge in [-0.25, -0.2) is 4.39 Å². The summed E-state index contributed by atoms with van der Waals surface area (Å²) in [5, 5.41) is 11.7. The predicted molar refractivity (Wildman–Crippen MR) is 126 cm³/mol. The van der Waals surface area contributed by atoms with Gasteiger partial charge in [0.1, 0.15) is 5.82 Å². The molecule has 7 nitrogen and oxygen atoms in total. The molecule has 2 aromatic carbocycles. The Hall–Kier alpha value is -4.17. The number of hydrogen-bond donors (Lipinski definition) is 1. The second-order valence-corrected chi connectivity index (χ2v) is 8.38. The van der Waals surface area contributed by atoms with E-state index in [1.165, 1.54) is 42.3 Å². The Morgan fingerprint density at radius 2 is 2.03 bits per heavy atom. The van der Waals surface area contributed by atoms with Crippen molar-refractivity contribution in [3.63, 3.8) is 0 Å². The molecule has 0 radical (unpaired) electrons. The number of furan rings is 1. The number of benzene rings is 2. The van der Waals surface area contributed by atoms with Crippen LogP contribution in [0.4, 0.5) is 4.39 Å². The van der Waals surface area contributed by atoms with E-state index in [1.807, 2.05) is 0 Å². The minimum atomic E-state index is -1.19. The fourth-order valence-corrected chi connectivity index (χ4v) is 4.46. The van der Waals surface area contributed by atoms with Crippen LogP contribution in [-0.2, 0) is 11.3 Å². The number of ether oxygens (including phenoxy) is 1. The van der Waals surface area contributed by atoms with Crippen LogP contribution in [0.25, 0.3) is 11.0 Å². The van der Waals surface area contributed by atoms with Crippen molar-refractivity contribution in [1.82, 2.24) is 9.88 Å². The number of nitrogens with zero attached hydrogens (tertiary/aromatic N) is 2. The first-order chi connectivity index (χ1) is 16.9. The number of carbonyl (C=O) groups is 2. The van der Waals surface area contributed by atoms with Crippen LogP contribution < -0.4 is 4.74 Å². The number of carbonyl (C=O) groups excluding carboxylic acids is 2. The Labute approximate surface area is 204 Å². The van der Waals surface area contributed by atoms with Crippen LogP contribution in [0, 0.1) is 5.82 Å². The van der Waals surface area contributed by atoms with Crippen molar-refractivity contribution in [2.24, 2.45) is 0 Å². The minimum absolute atomic E-state index is 0.00389. The van der Waals surface area contributed by atoms with Gasteiger partial charge in [-0.15, -0.1) is 0 Å².